The molecule has 12 N–H and O–H groups in total. The number of carbonyl (C=O) groups is 11. The molecule has 25 heteroatoms. The van der Waals surface area contributed by atoms with Crippen molar-refractivity contribution in [2.75, 3.05) is 33.3 Å². The second-order valence-corrected chi connectivity index (χ2v) is 27.6. The van der Waals surface area contributed by atoms with Crippen LogP contribution in [-0.4, -0.2) is 171 Å². The fourth-order valence-corrected chi connectivity index (χ4v) is 12.8. The summed E-state index contributed by atoms with van der Waals surface area (Å²) in [5.74, 6) is -10.9. The Morgan fingerprint density at radius 1 is 0.640 bits per heavy atom. The molecule has 1 aromatic heterocycles. The van der Waals surface area contributed by atoms with Gasteiger partial charge in [0.1, 0.15) is 29.7 Å². The quantitative estimate of drug-likeness (QED) is 0.0232. The van der Waals surface area contributed by atoms with Crippen LogP contribution in [0.15, 0.2) is 116 Å². The number of fused-ring (bicyclic) bond motifs is 1. The van der Waals surface area contributed by atoms with Crippen LogP contribution >= 0.6 is 11.6 Å². The molecule has 0 bridgehead atoms. The van der Waals surface area contributed by atoms with Gasteiger partial charge in [-0.1, -0.05) is 119 Å². The third-order valence-electron chi connectivity index (χ3n) is 18.1. The molecule has 540 valence electrons. The van der Waals surface area contributed by atoms with Crippen LogP contribution in [0.5, 0.6) is 5.75 Å². The summed E-state index contributed by atoms with van der Waals surface area (Å²) in [6.07, 6.45) is 4.29. The smallest absolute Gasteiger partial charge is 0.247 e. The summed E-state index contributed by atoms with van der Waals surface area (Å²) in [5.41, 5.74) is 13.6. The van der Waals surface area contributed by atoms with Gasteiger partial charge in [-0.25, -0.2) is 0 Å². The number of Topliss-reactive ketones (excluding diaryl/α,β-unsaturated/α-hetero) is 3. The molecule has 0 aliphatic carbocycles. The Labute approximate surface area is 590 Å². The van der Waals surface area contributed by atoms with Gasteiger partial charge >= 0.3 is 0 Å². The first kappa shape index (κ1) is 80.0. The molecule has 4 aromatic carbocycles. The molecule has 1 fully saturated rings. The third kappa shape index (κ3) is 26.0. The minimum absolute atomic E-state index is 0.0434. The van der Waals surface area contributed by atoms with Gasteiger partial charge in [0, 0.05) is 93.5 Å². The van der Waals surface area contributed by atoms with Crippen molar-refractivity contribution in [3.05, 3.63) is 143 Å². The van der Waals surface area contributed by atoms with E-state index in [1.54, 1.807) is 36.4 Å². The Kier molecular flexibility index (Phi) is 31.8. The minimum atomic E-state index is -1.75. The van der Waals surface area contributed by atoms with Crippen LogP contribution in [0.3, 0.4) is 0 Å². The predicted octanol–water partition coefficient (Wildman–Crippen LogP) is 4.91. The first-order valence-electron chi connectivity index (χ1n) is 34.5. The van der Waals surface area contributed by atoms with Crippen molar-refractivity contribution >= 4 is 87.0 Å². The molecular weight excluding hydrogens is 1300 g/mol. The van der Waals surface area contributed by atoms with Gasteiger partial charge < -0.3 is 58.5 Å². The number of halogens is 1. The SMILES string of the molecule is CC(=O)N[C@H](Cc1ccc2ccccc2c1)C(=O)C[C@H](Cc1ccc(Cl)cc1)C(=O)C[C@H](Cc1cccnc1)C(=O)N[C@@H](CO)C(=O)N(C)[C@@H](Cc1ccc(O)cc1)C(=O)N[C@H](CC(N)=O)C(=O)C[C@@H](CC(C)C)C(=O)N[C@@H](CCCCNC(C)C)CN1CCC[C@H]1C(=O)N[C@H](C)C(N)=O. The number of unbranched alkanes of at least 4 members (excludes halogenated alkanes) is 1. The van der Waals surface area contributed by atoms with E-state index < -0.39 is 145 Å². The van der Waals surface area contributed by atoms with E-state index in [-0.39, 0.29) is 68.7 Å². The van der Waals surface area contributed by atoms with Crippen molar-refractivity contribution < 1.29 is 63.0 Å². The number of ketones is 3. The summed E-state index contributed by atoms with van der Waals surface area (Å²) in [6, 6.07) is 21.6. The van der Waals surface area contributed by atoms with Gasteiger partial charge in [0.2, 0.25) is 47.3 Å². The average molecular weight is 1400 g/mol. The number of likely N-dealkylation sites (tertiary alicyclic amines) is 1. The van der Waals surface area contributed by atoms with Crippen LogP contribution in [0.1, 0.15) is 128 Å². The van der Waals surface area contributed by atoms with Crippen LogP contribution < -0.4 is 43.4 Å². The highest BCUT2D eigenvalue weighted by Gasteiger charge is 2.39. The zero-order valence-electron chi connectivity index (χ0n) is 58.4. The Balaban J connectivity index is 1.24. The number of aromatic nitrogens is 1. The molecule has 1 saturated heterocycles. The van der Waals surface area contributed by atoms with Crippen LogP contribution in [0.2, 0.25) is 5.02 Å². The maximum absolute atomic E-state index is 15.0. The fourth-order valence-electron chi connectivity index (χ4n) is 12.7. The van der Waals surface area contributed by atoms with Gasteiger partial charge in [-0.3, -0.25) is 62.6 Å². The second kappa shape index (κ2) is 39.7. The second-order valence-electron chi connectivity index (χ2n) is 27.2. The molecule has 8 amide bonds. The zero-order chi connectivity index (χ0) is 73.2. The Hall–Kier alpha value is -8.97. The number of primary amides is 2. The summed E-state index contributed by atoms with van der Waals surface area (Å²) >= 11 is 6.26. The number of hydrogen-bond acceptors (Lipinski definition) is 16. The number of nitrogens with zero attached hydrogens (tertiary/aromatic N) is 3. The van der Waals surface area contributed by atoms with Gasteiger partial charge in [0.25, 0.3) is 0 Å². The first-order valence-corrected chi connectivity index (χ1v) is 34.8. The van der Waals surface area contributed by atoms with Crippen molar-refractivity contribution in [2.24, 2.45) is 35.1 Å². The summed E-state index contributed by atoms with van der Waals surface area (Å²) in [5, 5.41) is 40.9. The number of aliphatic hydroxyl groups excluding tert-OH is 1. The highest BCUT2D eigenvalue weighted by Crippen LogP contribution is 2.27. The normalized spacial score (nSPS) is 15.8. The highest BCUT2D eigenvalue weighted by molar-refractivity contribution is 6.30. The Bertz CT molecular complexity index is 3600. The number of likely N-dealkylation sites (N-methyl/N-ethyl adjacent to an activating group) is 1. The Morgan fingerprint density at radius 2 is 1.26 bits per heavy atom. The summed E-state index contributed by atoms with van der Waals surface area (Å²) in [4.78, 5) is 162. The maximum Gasteiger partial charge on any atom is 0.247 e. The highest BCUT2D eigenvalue weighted by atomic mass is 35.5. The standard InChI is InChI=1S/C75H100ClN11O13/c1-45(2)32-56(71(96)83-59(17-10-11-30-80-46(3)4)43-87-31-13-18-64(87)73(98)81-47(5)70(78)95)40-68(93)62(41-69(77)94)84-74(99)65(37-50-22-27-60(90)28-23-50)86(7)75(100)63(44-88)85-72(97)57(35-52-14-12-29-79-42-52)39-66(91)55(33-49-20-25-58(76)26-21-49)38-67(92)61(82-48(6)89)36-51-19-24-53-15-8-9-16-54(53)34-51/h8-9,12,14-16,19-29,34,42,45-47,55-57,59,61-65,80,88,90H,10-11,13,17-18,30-33,35-41,43-44H2,1-7H3,(H2,77,94)(H2,78,95)(H,81,98)(H,82,89)(H,83,96)(H,84,99)(H,85,97)/t47-,55+,56-,57+,59+,61-,62-,63+,64+,65+/m1/s1. The number of pyridine rings is 1. The predicted molar refractivity (Wildman–Crippen MR) is 381 cm³/mol. The van der Waals surface area contributed by atoms with Crippen molar-refractivity contribution in [1.82, 2.24) is 46.7 Å². The number of nitrogens with two attached hydrogens (primary N) is 2. The number of benzene rings is 4. The van der Waals surface area contributed by atoms with E-state index in [4.69, 9.17) is 23.1 Å². The third-order valence-corrected chi connectivity index (χ3v) is 18.3. The average Bonchev–Trinajstić information content (AvgIpc) is 0.978. The van der Waals surface area contributed by atoms with Gasteiger partial charge in [0.05, 0.1) is 31.2 Å². The first-order chi connectivity index (χ1) is 47.6. The van der Waals surface area contributed by atoms with Gasteiger partial charge in [-0.2, -0.15) is 0 Å². The summed E-state index contributed by atoms with van der Waals surface area (Å²) in [6.45, 7) is 11.2. The van der Waals surface area contributed by atoms with E-state index in [2.05, 4.69) is 36.9 Å². The lowest BCUT2D eigenvalue weighted by atomic mass is 9.83. The number of rotatable bonds is 42. The molecule has 0 unspecified atom stereocenters. The van der Waals surface area contributed by atoms with Gasteiger partial charge in [-0.15, -0.1) is 0 Å². The van der Waals surface area contributed by atoms with Gasteiger partial charge in [-0.05, 0) is 141 Å². The van der Waals surface area contributed by atoms with E-state index in [1.165, 1.54) is 57.6 Å². The molecule has 6 rings (SSSR count). The number of hydrogen-bond donors (Lipinski definition) is 10. The molecule has 0 spiro atoms. The van der Waals surface area contributed by atoms with E-state index in [0.717, 1.165) is 34.2 Å². The van der Waals surface area contributed by atoms with Crippen molar-refractivity contribution in [2.45, 2.75) is 180 Å². The molecule has 1 aliphatic rings. The maximum atomic E-state index is 15.0. The fraction of sp³-hybridized carbons (Fsp3) is 0.493. The number of aromatic hydroxyl groups is 1. The van der Waals surface area contributed by atoms with Crippen molar-refractivity contribution in [1.29, 1.82) is 0 Å². The molecule has 1 aliphatic heterocycles. The van der Waals surface area contributed by atoms with Crippen molar-refractivity contribution in [3.63, 3.8) is 0 Å². The molecule has 0 saturated carbocycles. The topological polar surface area (TPSA) is 372 Å². The van der Waals surface area contributed by atoms with Crippen LogP contribution in [0, 0.1) is 23.7 Å². The lowest BCUT2D eigenvalue weighted by molar-refractivity contribution is -0.144. The molecule has 10 atom stereocenters. The number of phenols is 1. The number of aliphatic hydroxyl groups is 1. The molecule has 2 heterocycles. The lowest BCUT2D eigenvalue weighted by Crippen LogP contribution is -2.58. The molecular formula is C75H100ClN11O13. The van der Waals surface area contributed by atoms with Crippen molar-refractivity contribution in [3.8, 4) is 5.75 Å². The lowest BCUT2D eigenvalue weighted by Gasteiger charge is -2.32. The van der Waals surface area contributed by atoms with E-state index in [0.29, 0.717) is 53.9 Å². The van der Waals surface area contributed by atoms with E-state index in [9.17, 15) is 63.0 Å². The van der Waals surface area contributed by atoms with E-state index in [1.807, 2.05) is 75.1 Å². The molecule has 0 radical (unpaired) electrons. The van der Waals surface area contributed by atoms with Crippen LogP contribution in [-0.2, 0) is 78.4 Å². The molecule has 5 aromatic rings. The number of phenolic OH excluding ortho intramolecular Hbond substituents is 1. The monoisotopic (exact) mass is 1400 g/mol. The van der Waals surface area contributed by atoms with Gasteiger partial charge in [0.15, 0.2) is 11.6 Å². The molecule has 24 nitrogen and oxygen atoms in total. The summed E-state index contributed by atoms with van der Waals surface area (Å²) < 4.78 is 0. The zero-order valence-corrected chi connectivity index (χ0v) is 59.1. The van der Waals surface area contributed by atoms with Crippen LogP contribution in [0.25, 0.3) is 10.8 Å². The Morgan fingerprint density at radius 3 is 1.90 bits per heavy atom. The van der Waals surface area contributed by atoms with Crippen LogP contribution in [0.4, 0.5) is 0 Å². The summed E-state index contributed by atoms with van der Waals surface area (Å²) in [7, 11) is 1.24. The number of amides is 8. The molecule has 100 heavy (non-hydrogen) atoms. The number of carbonyl (C=O) groups excluding carboxylic acids is 11. The number of nitrogens with one attached hydrogen (secondary N) is 6. The minimum Gasteiger partial charge on any atom is -0.508 e. The van der Waals surface area contributed by atoms with E-state index >= 15 is 0 Å². The largest absolute Gasteiger partial charge is 0.508 e.